The number of rotatable bonds is 10. The SMILES string of the molecule is C/C=C/C(=O)Nc1cc(Nc2nccc(-c3cn(C)c4ccc(F)cc34)n2)c(OC)cc1N(C)CCN(C)C. The Bertz CT molecular complexity index is 1510. The van der Waals surface area contributed by atoms with Gasteiger partial charge >= 0.3 is 0 Å². The van der Waals surface area contributed by atoms with Crippen LogP contribution in [0.3, 0.4) is 0 Å². The molecule has 0 saturated carbocycles. The highest BCUT2D eigenvalue weighted by molar-refractivity contribution is 6.02. The number of aryl methyl sites for hydroxylation is 1. The Labute approximate surface area is 227 Å². The first kappa shape index (κ1) is 27.6. The summed E-state index contributed by atoms with van der Waals surface area (Å²) in [5.41, 5.74) is 4.34. The first-order chi connectivity index (χ1) is 18.7. The molecule has 204 valence electrons. The standard InChI is InChI=1S/C29H34FN7O2/c1-7-8-28(38)32-23-16-24(27(39-6)17-26(23)36(4)14-13-35(2)3)34-29-31-12-11-22(33-29)21-18-37(5)25-10-9-19(30)15-20(21)25/h7-12,15-18H,13-14H2,1-6H3,(H,32,38)(H,31,33,34)/b8-7+. The van der Waals surface area contributed by atoms with E-state index in [4.69, 9.17) is 9.72 Å². The molecule has 2 aromatic heterocycles. The summed E-state index contributed by atoms with van der Waals surface area (Å²) in [5, 5.41) is 6.97. The van der Waals surface area contributed by atoms with Gasteiger partial charge in [0.2, 0.25) is 11.9 Å². The monoisotopic (exact) mass is 531 g/mol. The third-order valence-electron chi connectivity index (χ3n) is 6.32. The first-order valence-corrected chi connectivity index (χ1v) is 12.6. The maximum Gasteiger partial charge on any atom is 0.248 e. The number of hydrogen-bond donors (Lipinski definition) is 2. The molecule has 0 bridgehead atoms. The molecule has 0 fully saturated rings. The number of carbonyl (C=O) groups is 1. The summed E-state index contributed by atoms with van der Waals surface area (Å²) in [7, 11) is 9.49. The fraction of sp³-hybridized carbons (Fsp3) is 0.276. The number of halogens is 1. The van der Waals surface area contributed by atoms with Gasteiger partial charge in [0.05, 0.1) is 29.9 Å². The number of methoxy groups -OCH3 is 1. The lowest BCUT2D eigenvalue weighted by Gasteiger charge is -2.26. The van der Waals surface area contributed by atoms with Crippen molar-refractivity contribution in [2.24, 2.45) is 7.05 Å². The number of anilines is 4. The second kappa shape index (κ2) is 12.0. The number of carbonyl (C=O) groups excluding carboxylic acids is 1. The quantitative estimate of drug-likeness (QED) is 0.277. The summed E-state index contributed by atoms with van der Waals surface area (Å²) < 4.78 is 21.7. The normalized spacial score (nSPS) is 11.4. The first-order valence-electron chi connectivity index (χ1n) is 12.6. The summed E-state index contributed by atoms with van der Waals surface area (Å²) in [4.78, 5) is 25.7. The van der Waals surface area contributed by atoms with E-state index in [1.54, 1.807) is 38.4 Å². The Morgan fingerprint density at radius 2 is 1.92 bits per heavy atom. The molecule has 0 radical (unpaired) electrons. The zero-order chi connectivity index (χ0) is 28.1. The molecule has 0 spiro atoms. The third kappa shape index (κ3) is 6.35. The molecule has 2 heterocycles. The number of aromatic nitrogens is 3. The molecule has 0 atom stereocenters. The summed E-state index contributed by atoms with van der Waals surface area (Å²) in [5.74, 6) is 0.346. The Hall–Kier alpha value is -4.44. The second-order valence-corrected chi connectivity index (χ2v) is 9.49. The van der Waals surface area contributed by atoms with E-state index in [0.717, 1.165) is 35.2 Å². The summed E-state index contributed by atoms with van der Waals surface area (Å²) >= 11 is 0. The lowest BCUT2D eigenvalue weighted by atomic mass is 10.1. The van der Waals surface area contributed by atoms with Gasteiger partial charge in [-0.1, -0.05) is 6.08 Å². The maximum absolute atomic E-state index is 14.0. The molecule has 0 aliphatic carbocycles. The number of nitrogens with zero attached hydrogens (tertiary/aromatic N) is 5. The highest BCUT2D eigenvalue weighted by Gasteiger charge is 2.17. The molecular formula is C29H34FN7O2. The van der Waals surface area contributed by atoms with Crippen LogP contribution >= 0.6 is 0 Å². The minimum Gasteiger partial charge on any atom is -0.494 e. The molecule has 0 unspecified atom stereocenters. The van der Waals surface area contributed by atoms with Gasteiger partial charge < -0.3 is 29.7 Å². The minimum absolute atomic E-state index is 0.239. The van der Waals surface area contributed by atoms with Gasteiger partial charge in [0, 0.05) is 62.1 Å². The zero-order valence-electron chi connectivity index (χ0n) is 23.1. The van der Waals surface area contributed by atoms with E-state index in [2.05, 4.69) is 25.4 Å². The average Bonchev–Trinajstić information content (AvgIpc) is 3.23. The van der Waals surface area contributed by atoms with Crippen LogP contribution in [0.4, 0.5) is 27.4 Å². The van der Waals surface area contributed by atoms with Gasteiger partial charge in [-0.3, -0.25) is 4.79 Å². The molecule has 4 aromatic rings. The molecular weight excluding hydrogens is 497 g/mol. The van der Waals surface area contributed by atoms with Crippen molar-refractivity contribution in [1.29, 1.82) is 0 Å². The lowest BCUT2D eigenvalue weighted by Crippen LogP contribution is -2.29. The number of amides is 1. The average molecular weight is 532 g/mol. The van der Waals surface area contributed by atoms with Crippen LogP contribution in [0.5, 0.6) is 5.75 Å². The van der Waals surface area contributed by atoms with Crippen LogP contribution in [0.25, 0.3) is 22.2 Å². The van der Waals surface area contributed by atoms with E-state index in [1.807, 2.05) is 51.1 Å². The Morgan fingerprint density at radius 1 is 1.13 bits per heavy atom. The fourth-order valence-electron chi connectivity index (χ4n) is 4.31. The number of likely N-dealkylation sites (N-methyl/N-ethyl adjacent to an activating group) is 2. The number of hydrogen-bond acceptors (Lipinski definition) is 7. The molecule has 0 saturated heterocycles. The van der Waals surface area contributed by atoms with Crippen molar-refractivity contribution >= 4 is 39.8 Å². The van der Waals surface area contributed by atoms with Gasteiger partial charge in [0.25, 0.3) is 0 Å². The van der Waals surface area contributed by atoms with Gasteiger partial charge in [-0.05, 0) is 57.4 Å². The molecule has 1 amide bonds. The van der Waals surface area contributed by atoms with Gasteiger partial charge in [0.15, 0.2) is 0 Å². The van der Waals surface area contributed by atoms with E-state index >= 15 is 0 Å². The smallest absolute Gasteiger partial charge is 0.248 e. The van der Waals surface area contributed by atoms with Crippen LogP contribution < -0.4 is 20.3 Å². The highest BCUT2D eigenvalue weighted by Crippen LogP contribution is 2.38. The van der Waals surface area contributed by atoms with Crippen molar-refractivity contribution in [3.63, 3.8) is 0 Å². The third-order valence-corrected chi connectivity index (χ3v) is 6.32. The molecule has 4 rings (SSSR count). The maximum atomic E-state index is 14.0. The van der Waals surface area contributed by atoms with Crippen LogP contribution in [0.1, 0.15) is 6.92 Å². The molecule has 39 heavy (non-hydrogen) atoms. The second-order valence-electron chi connectivity index (χ2n) is 9.49. The summed E-state index contributed by atoms with van der Waals surface area (Å²) in [6.45, 7) is 3.37. The molecule has 2 aromatic carbocycles. The van der Waals surface area contributed by atoms with Crippen molar-refractivity contribution in [3.05, 3.63) is 66.8 Å². The summed E-state index contributed by atoms with van der Waals surface area (Å²) in [6, 6.07) is 10.2. The molecule has 9 nitrogen and oxygen atoms in total. The van der Waals surface area contributed by atoms with E-state index in [0.29, 0.717) is 28.8 Å². The Balaban J connectivity index is 1.72. The van der Waals surface area contributed by atoms with E-state index in [1.165, 1.54) is 18.2 Å². The van der Waals surface area contributed by atoms with E-state index in [9.17, 15) is 9.18 Å². The van der Waals surface area contributed by atoms with Crippen molar-refractivity contribution in [2.45, 2.75) is 6.92 Å². The van der Waals surface area contributed by atoms with Crippen LogP contribution in [-0.4, -0.2) is 66.7 Å². The number of fused-ring (bicyclic) bond motifs is 1. The van der Waals surface area contributed by atoms with Crippen LogP contribution in [0, 0.1) is 5.82 Å². The van der Waals surface area contributed by atoms with Gasteiger partial charge in [-0.2, -0.15) is 0 Å². The van der Waals surface area contributed by atoms with Crippen LogP contribution in [0.15, 0.2) is 60.9 Å². The topological polar surface area (TPSA) is 87.5 Å². The van der Waals surface area contributed by atoms with Gasteiger partial charge in [-0.25, -0.2) is 14.4 Å². The molecule has 0 aliphatic heterocycles. The van der Waals surface area contributed by atoms with Gasteiger partial charge in [0.1, 0.15) is 11.6 Å². The van der Waals surface area contributed by atoms with Crippen molar-refractivity contribution < 1.29 is 13.9 Å². The highest BCUT2D eigenvalue weighted by atomic mass is 19.1. The zero-order valence-corrected chi connectivity index (χ0v) is 23.1. The lowest BCUT2D eigenvalue weighted by molar-refractivity contribution is -0.111. The van der Waals surface area contributed by atoms with Crippen LogP contribution in [-0.2, 0) is 11.8 Å². The molecule has 0 aliphatic rings. The van der Waals surface area contributed by atoms with Crippen molar-refractivity contribution in [3.8, 4) is 17.0 Å². The van der Waals surface area contributed by atoms with E-state index in [-0.39, 0.29) is 11.7 Å². The van der Waals surface area contributed by atoms with Gasteiger partial charge in [-0.15, -0.1) is 0 Å². The number of nitrogens with one attached hydrogen (secondary N) is 2. The number of ether oxygens (including phenoxy) is 1. The number of benzene rings is 2. The Kier molecular flexibility index (Phi) is 8.46. The molecule has 2 N–H and O–H groups in total. The largest absolute Gasteiger partial charge is 0.494 e. The fourth-order valence-corrected chi connectivity index (χ4v) is 4.31. The van der Waals surface area contributed by atoms with E-state index < -0.39 is 0 Å². The van der Waals surface area contributed by atoms with Crippen molar-refractivity contribution in [1.82, 2.24) is 19.4 Å². The summed E-state index contributed by atoms with van der Waals surface area (Å²) in [6.07, 6.45) is 6.73. The predicted octanol–water partition coefficient (Wildman–Crippen LogP) is 5.04. The Morgan fingerprint density at radius 3 is 2.64 bits per heavy atom. The van der Waals surface area contributed by atoms with Crippen molar-refractivity contribution in [2.75, 3.05) is 56.9 Å². The molecule has 10 heteroatoms. The predicted molar refractivity (Wildman–Crippen MR) is 155 cm³/mol. The number of allylic oxidation sites excluding steroid dienone is 1. The minimum atomic E-state index is -0.310. The van der Waals surface area contributed by atoms with Crippen LogP contribution in [0.2, 0.25) is 0 Å².